The monoisotopic (exact) mass is 259 g/mol. The summed E-state index contributed by atoms with van der Waals surface area (Å²) in [6, 6.07) is 0.548. The number of hydrogen-bond donors (Lipinski definition) is 0. The van der Waals surface area contributed by atoms with Gasteiger partial charge in [-0.2, -0.15) is 5.10 Å². The maximum atomic E-state index is 4.58. The van der Waals surface area contributed by atoms with E-state index in [4.69, 9.17) is 0 Å². The molecule has 1 aliphatic rings. The topological polar surface area (TPSA) is 46.8 Å². The summed E-state index contributed by atoms with van der Waals surface area (Å²) in [5.74, 6) is 1.06. The molecule has 1 fully saturated rings. The first-order chi connectivity index (χ1) is 9.22. The molecule has 102 valence electrons. The molecule has 0 amide bonds. The van der Waals surface area contributed by atoms with Gasteiger partial charge in [0.15, 0.2) is 5.82 Å². The van der Waals surface area contributed by atoms with E-state index in [0.29, 0.717) is 6.04 Å². The summed E-state index contributed by atoms with van der Waals surface area (Å²) in [6.07, 6.45) is 5.48. The van der Waals surface area contributed by atoms with E-state index < -0.39 is 0 Å². The van der Waals surface area contributed by atoms with Crippen LogP contribution in [0.25, 0.3) is 11.0 Å². The van der Waals surface area contributed by atoms with Crippen LogP contribution in [0, 0.1) is 6.92 Å². The van der Waals surface area contributed by atoms with Gasteiger partial charge < -0.3 is 4.90 Å². The van der Waals surface area contributed by atoms with E-state index >= 15 is 0 Å². The molecule has 0 spiro atoms. The zero-order valence-electron chi connectivity index (χ0n) is 11.9. The van der Waals surface area contributed by atoms with Crippen LogP contribution in [0.15, 0.2) is 6.33 Å². The highest BCUT2D eigenvalue weighted by molar-refractivity contribution is 5.87. The zero-order valence-corrected chi connectivity index (χ0v) is 11.9. The van der Waals surface area contributed by atoms with Crippen LogP contribution in [0.3, 0.4) is 0 Å². The van der Waals surface area contributed by atoms with Crippen molar-refractivity contribution in [1.29, 1.82) is 0 Å². The van der Waals surface area contributed by atoms with Gasteiger partial charge in [0.2, 0.25) is 0 Å². The quantitative estimate of drug-likeness (QED) is 0.831. The van der Waals surface area contributed by atoms with Crippen LogP contribution in [-0.2, 0) is 6.54 Å². The minimum Gasteiger partial charge on any atom is -0.352 e. The molecule has 0 saturated carbocycles. The second-order valence-electron chi connectivity index (χ2n) is 5.33. The number of nitrogens with zero attached hydrogens (tertiary/aromatic N) is 5. The van der Waals surface area contributed by atoms with Crippen molar-refractivity contribution in [2.45, 2.75) is 52.6 Å². The van der Waals surface area contributed by atoms with Gasteiger partial charge in [-0.15, -0.1) is 0 Å². The standard InChI is InChI=1S/C14H21N5/c1-4-19-13-12(11(3)17-19)15-9-16-14(13)18-8-6-5-7-10(18)2/h9-10H,4-8H2,1-3H3/t10-/m1/s1. The second kappa shape index (κ2) is 4.79. The molecule has 0 unspecified atom stereocenters. The smallest absolute Gasteiger partial charge is 0.158 e. The molecule has 1 saturated heterocycles. The number of hydrogen-bond acceptors (Lipinski definition) is 4. The van der Waals surface area contributed by atoms with Crippen LogP contribution in [0.5, 0.6) is 0 Å². The van der Waals surface area contributed by atoms with Gasteiger partial charge in [0.05, 0.1) is 5.69 Å². The summed E-state index contributed by atoms with van der Waals surface area (Å²) in [7, 11) is 0. The Bertz CT molecular complexity index is 589. The average molecular weight is 259 g/mol. The molecule has 5 heteroatoms. The van der Waals surface area contributed by atoms with Gasteiger partial charge in [0, 0.05) is 19.1 Å². The van der Waals surface area contributed by atoms with Gasteiger partial charge in [-0.3, -0.25) is 4.68 Å². The van der Waals surface area contributed by atoms with Gasteiger partial charge in [0.25, 0.3) is 0 Å². The Kier molecular flexibility index (Phi) is 3.12. The predicted octanol–water partition coefficient (Wildman–Crippen LogP) is 2.53. The maximum Gasteiger partial charge on any atom is 0.158 e. The van der Waals surface area contributed by atoms with E-state index in [1.165, 1.54) is 19.3 Å². The molecule has 1 aliphatic heterocycles. The lowest BCUT2D eigenvalue weighted by molar-refractivity contribution is 0.481. The Balaban J connectivity index is 2.17. The molecule has 5 nitrogen and oxygen atoms in total. The van der Waals surface area contributed by atoms with E-state index in [-0.39, 0.29) is 0 Å². The maximum absolute atomic E-state index is 4.58. The second-order valence-corrected chi connectivity index (χ2v) is 5.33. The summed E-state index contributed by atoms with van der Waals surface area (Å²) in [5.41, 5.74) is 3.08. The molecule has 0 radical (unpaired) electrons. The molecule has 3 rings (SSSR count). The van der Waals surface area contributed by atoms with Gasteiger partial charge >= 0.3 is 0 Å². The number of fused-ring (bicyclic) bond motifs is 1. The Morgan fingerprint density at radius 1 is 1.32 bits per heavy atom. The third-order valence-electron chi connectivity index (χ3n) is 4.05. The van der Waals surface area contributed by atoms with Crippen molar-refractivity contribution in [2.75, 3.05) is 11.4 Å². The lowest BCUT2D eigenvalue weighted by Gasteiger charge is -2.34. The van der Waals surface area contributed by atoms with E-state index in [2.05, 4.69) is 33.8 Å². The molecule has 2 aromatic heterocycles. The fourth-order valence-corrected chi connectivity index (χ4v) is 3.00. The van der Waals surface area contributed by atoms with Crippen molar-refractivity contribution in [3.63, 3.8) is 0 Å². The summed E-state index contributed by atoms with van der Waals surface area (Å²) < 4.78 is 2.03. The summed E-state index contributed by atoms with van der Waals surface area (Å²) in [6.45, 7) is 8.36. The molecule has 0 aromatic carbocycles. The van der Waals surface area contributed by atoms with Crippen molar-refractivity contribution in [3.8, 4) is 0 Å². The summed E-state index contributed by atoms with van der Waals surface area (Å²) in [5, 5.41) is 4.58. The normalized spacial score (nSPS) is 20.2. The van der Waals surface area contributed by atoms with Crippen molar-refractivity contribution >= 4 is 16.9 Å². The van der Waals surface area contributed by atoms with Crippen molar-refractivity contribution in [2.24, 2.45) is 0 Å². The van der Waals surface area contributed by atoms with Gasteiger partial charge in [-0.05, 0) is 40.0 Å². The van der Waals surface area contributed by atoms with E-state index in [0.717, 1.165) is 35.6 Å². The van der Waals surface area contributed by atoms with E-state index in [1.54, 1.807) is 6.33 Å². The lowest BCUT2D eigenvalue weighted by atomic mass is 10.0. The average Bonchev–Trinajstić information content (AvgIpc) is 2.76. The van der Waals surface area contributed by atoms with Crippen LogP contribution in [0.1, 0.15) is 38.8 Å². The van der Waals surface area contributed by atoms with Crippen molar-refractivity contribution in [1.82, 2.24) is 19.7 Å². The molecule has 1 atom stereocenters. The number of rotatable bonds is 2. The SMILES string of the molecule is CCn1nc(C)c2ncnc(N3CCCC[C@H]3C)c21. The van der Waals surface area contributed by atoms with E-state index in [9.17, 15) is 0 Å². The molecular formula is C14H21N5. The predicted molar refractivity (Wildman–Crippen MR) is 76.4 cm³/mol. The fourth-order valence-electron chi connectivity index (χ4n) is 3.00. The molecule has 19 heavy (non-hydrogen) atoms. The Labute approximate surface area is 113 Å². The minimum atomic E-state index is 0.548. The molecule has 0 aliphatic carbocycles. The largest absolute Gasteiger partial charge is 0.352 e. The third kappa shape index (κ3) is 1.97. The Hall–Kier alpha value is -1.65. The Morgan fingerprint density at radius 2 is 2.16 bits per heavy atom. The van der Waals surface area contributed by atoms with Gasteiger partial charge in [-0.1, -0.05) is 0 Å². The Morgan fingerprint density at radius 3 is 2.89 bits per heavy atom. The summed E-state index contributed by atoms with van der Waals surface area (Å²) >= 11 is 0. The summed E-state index contributed by atoms with van der Waals surface area (Å²) in [4.78, 5) is 11.4. The lowest BCUT2D eigenvalue weighted by Crippen LogP contribution is -2.38. The first-order valence-corrected chi connectivity index (χ1v) is 7.17. The zero-order chi connectivity index (χ0) is 13.4. The fraction of sp³-hybridized carbons (Fsp3) is 0.643. The number of aromatic nitrogens is 4. The van der Waals surface area contributed by atoms with Crippen LogP contribution in [0.2, 0.25) is 0 Å². The van der Waals surface area contributed by atoms with Gasteiger partial charge in [-0.25, -0.2) is 9.97 Å². The highest BCUT2D eigenvalue weighted by Gasteiger charge is 2.24. The van der Waals surface area contributed by atoms with Crippen LogP contribution >= 0.6 is 0 Å². The van der Waals surface area contributed by atoms with Crippen LogP contribution < -0.4 is 4.90 Å². The molecule has 0 N–H and O–H groups in total. The third-order valence-corrected chi connectivity index (χ3v) is 4.05. The number of aryl methyl sites for hydroxylation is 2. The molecule has 2 aromatic rings. The highest BCUT2D eigenvalue weighted by atomic mass is 15.3. The minimum absolute atomic E-state index is 0.548. The first-order valence-electron chi connectivity index (χ1n) is 7.17. The number of anilines is 1. The van der Waals surface area contributed by atoms with Gasteiger partial charge in [0.1, 0.15) is 17.4 Å². The molecule has 3 heterocycles. The number of piperidine rings is 1. The van der Waals surface area contributed by atoms with Crippen LogP contribution in [0.4, 0.5) is 5.82 Å². The van der Waals surface area contributed by atoms with Crippen molar-refractivity contribution < 1.29 is 0 Å². The first kappa shape index (κ1) is 12.4. The molecular weight excluding hydrogens is 238 g/mol. The van der Waals surface area contributed by atoms with Crippen molar-refractivity contribution in [3.05, 3.63) is 12.0 Å². The van der Waals surface area contributed by atoms with E-state index in [1.807, 2.05) is 11.6 Å². The van der Waals surface area contributed by atoms with Crippen LogP contribution in [-0.4, -0.2) is 32.3 Å². The highest BCUT2D eigenvalue weighted by Crippen LogP contribution is 2.29. The molecule has 0 bridgehead atoms.